The SMILES string of the molecule is CC(CC(=O)O)NC(=O)C1CC1c1cccc(Br)c1. The Labute approximate surface area is 120 Å². The molecule has 0 bridgehead atoms. The molecule has 1 aliphatic rings. The van der Waals surface area contributed by atoms with Crippen LogP contribution in [0.3, 0.4) is 0 Å². The molecule has 2 rings (SSSR count). The minimum atomic E-state index is -0.896. The van der Waals surface area contributed by atoms with E-state index in [-0.39, 0.29) is 30.2 Å². The highest BCUT2D eigenvalue weighted by molar-refractivity contribution is 9.10. The Kier molecular flexibility index (Phi) is 4.24. The summed E-state index contributed by atoms with van der Waals surface area (Å²) in [7, 11) is 0. The van der Waals surface area contributed by atoms with Crippen LogP contribution in [0.4, 0.5) is 0 Å². The molecule has 2 N–H and O–H groups in total. The third-order valence-corrected chi connectivity index (χ3v) is 3.77. The van der Waals surface area contributed by atoms with Crippen molar-refractivity contribution in [3.8, 4) is 0 Å². The molecule has 0 aliphatic heterocycles. The van der Waals surface area contributed by atoms with Crippen LogP contribution in [0, 0.1) is 5.92 Å². The molecule has 3 atom stereocenters. The van der Waals surface area contributed by atoms with Crippen molar-refractivity contribution in [3.05, 3.63) is 34.3 Å². The lowest BCUT2D eigenvalue weighted by atomic mass is 10.1. The van der Waals surface area contributed by atoms with Crippen molar-refractivity contribution < 1.29 is 14.7 Å². The summed E-state index contributed by atoms with van der Waals surface area (Å²) in [5, 5.41) is 11.4. The zero-order valence-corrected chi connectivity index (χ0v) is 12.2. The van der Waals surface area contributed by atoms with E-state index in [0.29, 0.717) is 0 Å². The molecule has 3 unspecified atom stereocenters. The number of carboxylic acids is 1. The van der Waals surface area contributed by atoms with Crippen LogP contribution in [0.25, 0.3) is 0 Å². The van der Waals surface area contributed by atoms with E-state index in [4.69, 9.17) is 5.11 Å². The van der Waals surface area contributed by atoms with Crippen molar-refractivity contribution in [1.82, 2.24) is 5.32 Å². The minimum Gasteiger partial charge on any atom is -0.481 e. The van der Waals surface area contributed by atoms with Crippen LogP contribution in [0.1, 0.15) is 31.2 Å². The summed E-state index contributed by atoms with van der Waals surface area (Å²) in [6.45, 7) is 1.71. The quantitative estimate of drug-likeness (QED) is 0.874. The van der Waals surface area contributed by atoms with Crippen LogP contribution < -0.4 is 5.32 Å². The van der Waals surface area contributed by atoms with E-state index in [0.717, 1.165) is 16.5 Å². The monoisotopic (exact) mass is 325 g/mol. The van der Waals surface area contributed by atoms with Crippen molar-refractivity contribution in [2.45, 2.75) is 31.7 Å². The van der Waals surface area contributed by atoms with Gasteiger partial charge in [-0.05, 0) is 37.0 Å². The predicted octanol–water partition coefficient (Wildman–Crippen LogP) is 2.53. The normalized spacial score (nSPS) is 22.6. The molecule has 0 heterocycles. The van der Waals surface area contributed by atoms with Crippen molar-refractivity contribution in [1.29, 1.82) is 0 Å². The zero-order chi connectivity index (χ0) is 14.0. The average molecular weight is 326 g/mol. The molecule has 0 saturated heterocycles. The first-order valence-electron chi connectivity index (χ1n) is 6.25. The summed E-state index contributed by atoms with van der Waals surface area (Å²) in [5.74, 6) is -0.703. The molecule has 0 aromatic heterocycles. The lowest BCUT2D eigenvalue weighted by molar-refractivity contribution is -0.137. The largest absolute Gasteiger partial charge is 0.481 e. The van der Waals surface area contributed by atoms with Crippen LogP contribution in [0.15, 0.2) is 28.7 Å². The molecule has 1 saturated carbocycles. The number of carbonyl (C=O) groups is 2. The smallest absolute Gasteiger partial charge is 0.305 e. The third-order valence-electron chi connectivity index (χ3n) is 3.27. The molecule has 5 heteroatoms. The standard InChI is InChI=1S/C14H16BrNO3/c1-8(5-13(17)18)16-14(19)12-7-11(12)9-3-2-4-10(15)6-9/h2-4,6,8,11-12H,5,7H2,1H3,(H,16,19)(H,17,18). The van der Waals surface area contributed by atoms with Gasteiger partial charge in [0.05, 0.1) is 6.42 Å². The molecular weight excluding hydrogens is 310 g/mol. The van der Waals surface area contributed by atoms with Crippen molar-refractivity contribution in [2.24, 2.45) is 5.92 Å². The molecular formula is C14H16BrNO3. The highest BCUT2D eigenvalue weighted by Gasteiger charge is 2.44. The summed E-state index contributed by atoms with van der Waals surface area (Å²) < 4.78 is 1.01. The van der Waals surface area contributed by atoms with Gasteiger partial charge in [-0.2, -0.15) is 0 Å². The summed E-state index contributed by atoms with van der Waals surface area (Å²) in [5.41, 5.74) is 1.15. The first kappa shape index (κ1) is 14.1. The lowest BCUT2D eigenvalue weighted by Gasteiger charge is -2.11. The zero-order valence-electron chi connectivity index (χ0n) is 10.6. The number of benzene rings is 1. The topological polar surface area (TPSA) is 66.4 Å². The second kappa shape index (κ2) is 5.74. The number of aliphatic carboxylic acids is 1. The van der Waals surface area contributed by atoms with E-state index < -0.39 is 5.97 Å². The first-order valence-corrected chi connectivity index (χ1v) is 7.04. The van der Waals surface area contributed by atoms with E-state index in [1.165, 1.54) is 0 Å². The fraction of sp³-hybridized carbons (Fsp3) is 0.429. The van der Waals surface area contributed by atoms with Gasteiger partial charge in [0.25, 0.3) is 0 Å². The molecule has 19 heavy (non-hydrogen) atoms. The fourth-order valence-electron chi connectivity index (χ4n) is 2.25. The number of halogens is 1. The van der Waals surface area contributed by atoms with Crippen molar-refractivity contribution in [2.75, 3.05) is 0 Å². The van der Waals surface area contributed by atoms with Gasteiger partial charge >= 0.3 is 5.97 Å². The molecule has 0 radical (unpaired) electrons. The molecule has 1 aromatic rings. The Bertz CT molecular complexity index is 503. The average Bonchev–Trinajstić information content (AvgIpc) is 3.07. The van der Waals surface area contributed by atoms with Crippen molar-refractivity contribution >= 4 is 27.8 Å². The molecule has 1 aromatic carbocycles. The Morgan fingerprint density at radius 1 is 1.53 bits per heavy atom. The Morgan fingerprint density at radius 3 is 2.89 bits per heavy atom. The summed E-state index contributed by atoms with van der Waals surface area (Å²) in [6, 6.07) is 7.63. The van der Waals surface area contributed by atoms with Gasteiger partial charge in [-0.3, -0.25) is 9.59 Å². The Balaban J connectivity index is 1.88. The molecule has 4 nitrogen and oxygen atoms in total. The maximum Gasteiger partial charge on any atom is 0.305 e. The second-order valence-electron chi connectivity index (χ2n) is 5.01. The highest BCUT2D eigenvalue weighted by atomic mass is 79.9. The van der Waals surface area contributed by atoms with Crippen LogP contribution in [0.5, 0.6) is 0 Å². The van der Waals surface area contributed by atoms with Gasteiger partial charge < -0.3 is 10.4 Å². The molecule has 1 aliphatic carbocycles. The number of hydrogen-bond donors (Lipinski definition) is 2. The number of carbonyl (C=O) groups excluding carboxylic acids is 1. The van der Waals surface area contributed by atoms with Crippen LogP contribution in [-0.4, -0.2) is 23.0 Å². The molecule has 1 fully saturated rings. The van der Waals surface area contributed by atoms with Crippen molar-refractivity contribution in [3.63, 3.8) is 0 Å². The summed E-state index contributed by atoms with van der Waals surface area (Å²) in [4.78, 5) is 22.5. The van der Waals surface area contributed by atoms with Gasteiger partial charge in [0.15, 0.2) is 0 Å². The van der Waals surface area contributed by atoms with Gasteiger partial charge in [0.2, 0.25) is 5.91 Å². The van der Waals surface area contributed by atoms with E-state index in [2.05, 4.69) is 21.2 Å². The van der Waals surface area contributed by atoms with E-state index in [1.807, 2.05) is 24.3 Å². The Morgan fingerprint density at radius 2 is 2.26 bits per heavy atom. The number of nitrogens with one attached hydrogen (secondary N) is 1. The van der Waals surface area contributed by atoms with E-state index in [9.17, 15) is 9.59 Å². The predicted molar refractivity (Wildman–Crippen MR) is 74.8 cm³/mol. The molecule has 1 amide bonds. The van der Waals surface area contributed by atoms with Gasteiger partial charge in [0.1, 0.15) is 0 Å². The number of amides is 1. The maximum absolute atomic E-state index is 12.0. The van der Waals surface area contributed by atoms with Gasteiger partial charge in [-0.25, -0.2) is 0 Å². The Hall–Kier alpha value is -1.36. The van der Waals surface area contributed by atoms with Crippen LogP contribution >= 0.6 is 15.9 Å². The lowest BCUT2D eigenvalue weighted by Crippen LogP contribution is -2.35. The first-order chi connectivity index (χ1) is 8.97. The van der Waals surface area contributed by atoms with E-state index in [1.54, 1.807) is 6.92 Å². The second-order valence-corrected chi connectivity index (χ2v) is 5.93. The van der Waals surface area contributed by atoms with Gasteiger partial charge in [0, 0.05) is 16.4 Å². The van der Waals surface area contributed by atoms with Gasteiger partial charge in [-0.1, -0.05) is 28.1 Å². The maximum atomic E-state index is 12.0. The summed E-state index contributed by atoms with van der Waals surface area (Å²) >= 11 is 3.42. The van der Waals surface area contributed by atoms with Crippen LogP contribution in [-0.2, 0) is 9.59 Å². The van der Waals surface area contributed by atoms with Gasteiger partial charge in [-0.15, -0.1) is 0 Å². The fourth-order valence-corrected chi connectivity index (χ4v) is 2.67. The third kappa shape index (κ3) is 3.80. The minimum absolute atomic E-state index is 0.0226. The number of hydrogen-bond acceptors (Lipinski definition) is 2. The molecule has 0 spiro atoms. The molecule has 102 valence electrons. The number of carboxylic acid groups (broad SMARTS) is 1. The highest BCUT2D eigenvalue weighted by Crippen LogP contribution is 2.48. The van der Waals surface area contributed by atoms with Crippen LogP contribution in [0.2, 0.25) is 0 Å². The number of rotatable bonds is 5. The van der Waals surface area contributed by atoms with E-state index >= 15 is 0 Å². The summed E-state index contributed by atoms with van der Waals surface area (Å²) in [6.07, 6.45) is 0.794.